The Kier molecular flexibility index (Phi) is 5.92. The molecule has 4 heteroatoms. The Balaban J connectivity index is 2.10. The number of aliphatic hydroxyl groups excluding tert-OH is 1. The van der Waals surface area contributed by atoms with Crippen molar-refractivity contribution in [1.82, 2.24) is 0 Å². The van der Waals surface area contributed by atoms with E-state index in [1.807, 2.05) is 13.8 Å². The Bertz CT molecular complexity index is 359. The first kappa shape index (κ1) is 18.2. The molecule has 2 aliphatic heterocycles. The average Bonchev–Trinajstić information content (AvgIpc) is 2.50. The standard InChI is InChI=1S/C18H34O4/c1-8-15-17(16(19)12(5)14(7)20-15)22-18-11(4)9(2)10(3)13(6)21-18/h9-19H,8H2,1-7H3/t9-,10+,11?,12?,13?,14?,15+,16?,17+,18-/m0/s1. The summed E-state index contributed by atoms with van der Waals surface area (Å²) < 4.78 is 18.4. The van der Waals surface area contributed by atoms with Crippen molar-refractivity contribution in [3.8, 4) is 0 Å². The quantitative estimate of drug-likeness (QED) is 0.869. The van der Waals surface area contributed by atoms with Gasteiger partial charge in [-0.3, -0.25) is 0 Å². The van der Waals surface area contributed by atoms with Crippen molar-refractivity contribution < 1.29 is 19.3 Å². The van der Waals surface area contributed by atoms with Crippen LogP contribution in [0.3, 0.4) is 0 Å². The molecule has 0 radical (unpaired) electrons. The van der Waals surface area contributed by atoms with Crippen LogP contribution in [0, 0.1) is 23.7 Å². The summed E-state index contributed by atoms with van der Waals surface area (Å²) in [7, 11) is 0. The van der Waals surface area contributed by atoms with Gasteiger partial charge in [0, 0.05) is 11.8 Å². The van der Waals surface area contributed by atoms with Crippen LogP contribution >= 0.6 is 0 Å². The van der Waals surface area contributed by atoms with E-state index in [1.165, 1.54) is 0 Å². The molecule has 0 aromatic rings. The first-order valence-electron chi connectivity index (χ1n) is 8.92. The van der Waals surface area contributed by atoms with Gasteiger partial charge in [0.1, 0.15) is 6.10 Å². The SMILES string of the molecule is CC[C@H]1OC(C)C(C)C(O)[C@@H]1O[C@@H]1OC(C)[C@H](C)[C@H](C)C1C. The van der Waals surface area contributed by atoms with Gasteiger partial charge in [-0.2, -0.15) is 0 Å². The zero-order valence-electron chi connectivity index (χ0n) is 15.2. The van der Waals surface area contributed by atoms with Gasteiger partial charge < -0.3 is 19.3 Å². The van der Waals surface area contributed by atoms with Crippen LogP contribution in [0.2, 0.25) is 0 Å². The van der Waals surface area contributed by atoms with Crippen LogP contribution in [0.1, 0.15) is 54.9 Å². The maximum Gasteiger partial charge on any atom is 0.161 e. The molecular formula is C18H34O4. The predicted molar refractivity (Wildman–Crippen MR) is 86.5 cm³/mol. The molecule has 0 saturated carbocycles. The van der Waals surface area contributed by atoms with Crippen LogP contribution in [0.15, 0.2) is 0 Å². The summed E-state index contributed by atoms with van der Waals surface area (Å²) in [5.41, 5.74) is 0. The van der Waals surface area contributed by atoms with Gasteiger partial charge in [0.05, 0.1) is 24.4 Å². The smallest absolute Gasteiger partial charge is 0.161 e. The Labute approximate surface area is 135 Å². The van der Waals surface area contributed by atoms with Crippen LogP contribution in [-0.2, 0) is 14.2 Å². The zero-order chi connectivity index (χ0) is 16.6. The second-order valence-corrected chi connectivity index (χ2v) is 7.53. The summed E-state index contributed by atoms with van der Waals surface area (Å²) in [6.45, 7) is 14.9. The van der Waals surface area contributed by atoms with E-state index in [2.05, 4.69) is 34.6 Å². The largest absolute Gasteiger partial charge is 0.390 e. The van der Waals surface area contributed by atoms with Crippen LogP contribution in [0.4, 0.5) is 0 Å². The topological polar surface area (TPSA) is 47.9 Å². The minimum Gasteiger partial charge on any atom is -0.390 e. The highest BCUT2D eigenvalue weighted by Gasteiger charge is 2.45. The molecule has 0 spiro atoms. The number of hydrogen-bond acceptors (Lipinski definition) is 4. The molecule has 0 aromatic heterocycles. The second-order valence-electron chi connectivity index (χ2n) is 7.53. The van der Waals surface area contributed by atoms with E-state index in [0.717, 1.165) is 6.42 Å². The van der Waals surface area contributed by atoms with Gasteiger partial charge in [0.15, 0.2) is 6.29 Å². The molecule has 2 aliphatic rings. The third kappa shape index (κ3) is 3.35. The summed E-state index contributed by atoms with van der Waals surface area (Å²) in [6, 6.07) is 0. The Morgan fingerprint density at radius 3 is 2.00 bits per heavy atom. The van der Waals surface area contributed by atoms with Gasteiger partial charge in [0.25, 0.3) is 0 Å². The maximum absolute atomic E-state index is 10.6. The highest BCUT2D eigenvalue weighted by molar-refractivity contribution is 4.91. The van der Waals surface area contributed by atoms with Crippen molar-refractivity contribution in [3.63, 3.8) is 0 Å². The normalized spacial score (nSPS) is 53.5. The lowest BCUT2D eigenvalue weighted by molar-refractivity contribution is -0.305. The maximum atomic E-state index is 10.6. The number of ether oxygens (including phenoxy) is 3. The summed E-state index contributed by atoms with van der Waals surface area (Å²) in [5, 5.41) is 10.6. The van der Waals surface area contributed by atoms with Crippen molar-refractivity contribution in [3.05, 3.63) is 0 Å². The van der Waals surface area contributed by atoms with Crippen molar-refractivity contribution >= 4 is 0 Å². The lowest BCUT2D eigenvalue weighted by Crippen LogP contribution is -2.56. The monoisotopic (exact) mass is 314 g/mol. The van der Waals surface area contributed by atoms with Crippen LogP contribution in [0.5, 0.6) is 0 Å². The Hall–Kier alpha value is -0.160. The van der Waals surface area contributed by atoms with Gasteiger partial charge in [-0.05, 0) is 32.1 Å². The zero-order valence-corrected chi connectivity index (χ0v) is 15.2. The molecule has 2 rings (SSSR count). The lowest BCUT2D eigenvalue weighted by atomic mass is 9.79. The molecule has 2 heterocycles. The fourth-order valence-corrected chi connectivity index (χ4v) is 3.69. The van der Waals surface area contributed by atoms with Crippen molar-refractivity contribution in [2.45, 2.75) is 91.7 Å². The van der Waals surface area contributed by atoms with Gasteiger partial charge in [0.2, 0.25) is 0 Å². The first-order chi connectivity index (χ1) is 10.3. The van der Waals surface area contributed by atoms with Gasteiger partial charge in [-0.25, -0.2) is 0 Å². The first-order valence-corrected chi connectivity index (χ1v) is 8.92. The number of aliphatic hydroxyl groups is 1. The molecule has 5 unspecified atom stereocenters. The number of rotatable bonds is 3. The van der Waals surface area contributed by atoms with E-state index in [1.54, 1.807) is 0 Å². The van der Waals surface area contributed by atoms with Gasteiger partial charge in [-0.15, -0.1) is 0 Å². The van der Waals surface area contributed by atoms with Crippen LogP contribution < -0.4 is 0 Å². The van der Waals surface area contributed by atoms with E-state index in [0.29, 0.717) is 17.8 Å². The number of hydrogen-bond donors (Lipinski definition) is 1. The highest BCUT2D eigenvalue weighted by atomic mass is 16.7. The Morgan fingerprint density at radius 2 is 1.41 bits per heavy atom. The van der Waals surface area contributed by atoms with Gasteiger partial charge >= 0.3 is 0 Å². The minimum absolute atomic E-state index is 0.0577. The van der Waals surface area contributed by atoms with Crippen molar-refractivity contribution in [1.29, 1.82) is 0 Å². The van der Waals surface area contributed by atoms with E-state index in [4.69, 9.17) is 14.2 Å². The summed E-state index contributed by atoms with van der Waals surface area (Å²) in [5.74, 6) is 1.43. The third-order valence-electron chi connectivity index (χ3n) is 6.24. The van der Waals surface area contributed by atoms with Crippen LogP contribution in [-0.4, -0.2) is 41.9 Å². The molecule has 0 aliphatic carbocycles. The highest BCUT2D eigenvalue weighted by Crippen LogP contribution is 2.38. The third-order valence-corrected chi connectivity index (χ3v) is 6.24. The molecule has 0 bridgehead atoms. The molecule has 10 atom stereocenters. The second kappa shape index (κ2) is 7.16. The van der Waals surface area contributed by atoms with Crippen LogP contribution in [0.25, 0.3) is 0 Å². The lowest BCUT2D eigenvalue weighted by Gasteiger charge is -2.47. The molecule has 1 N–H and O–H groups in total. The van der Waals surface area contributed by atoms with E-state index in [-0.39, 0.29) is 36.6 Å². The minimum atomic E-state index is -0.505. The average molecular weight is 314 g/mol. The molecule has 22 heavy (non-hydrogen) atoms. The Morgan fingerprint density at radius 1 is 0.818 bits per heavy atom. The van der Waals surface area contributed by atoms with Crippen molar-refractivity contribution in [2.75, 3.05) is 0 Å². The van der Waals surface area contributed by atoms with E-state index in [9.17, 15) is 5.11 Å². The molecule has 0 aromatic carbocycles. The molecule has 2 saturated heterocycles. The summed E-state index contributed by atoms with van der Waals surface area (Å²) >= 11 is 0. The predicted octanol–water partition coefficient (Wildman–Crippen LogP) is 3.22. The fraction of sp³-hybridized carbons (Fsp3) is 1.00. The van der Waals surface area contributed by atoms with Gasteiger partial charge in [-0.1, -0.05) is 34.6 Å². The van der Waals surface area contributed by atoms with E-state index >= 15 is 0 Å². The van der Waals surface area contributed by atoms with Crippen molar-refractivity contribution in [2.24, 2.45) is 23.7 Å². The summed E-state index contributed by atoms with van der Waals surface area (Å²) in [6.07, 6.45) is -0.0786. The molecule has 4 nitrogen and oxygen atoms in total. The molecule has 2 fully saturated rings. The molecular weight excluding hydrogens is 280 g/mol. The fourth-order valence-electron chi connectivity index (χ4n) is 3.69. The summed E-state index contributed by atoms with van der Waals surface area (Å²) in [4.78, 5) is 0. The van der Waals surface area contributed by atoms with E-state index < -0.39 is 6.10 Å². The molecule has 0 amide bonds. The molecule has 130 valence electrons.